The molecule has 0 unspecified atom stereocenters. The summed E-state index contributed by atoms with van der Waals surface area (Å²) >= 11 is 6.16. The lowest BCUT2D eigenvalue weighted by molar-refractivity contribution is -0.0376. The number of alkyl halides is 1. The van der Waals surface area contributed by atoms with Crippen molar-refractivity contribution in [2.24, 2.45) is 5.92 Å². The van der Waals surface area contributed by atoms with E-state index in [1.807, 2.05) is 0 Å². The highest BCUT2D eigenvalue weighted by Crippen LogP contribution is 2.39. The van der Waals surface area contributed by atoms with Crippen LogP contribution in [0.2, 0.25) is 5.28 Å². The SMILES string of the molecule is C[C@H]1[C@H](F)[C@H](n2ccc3c(N(C(=O)OC(C)(C)C)C(=O)OC(C)(C)C)nc(Cl)nc32)O[C@@H]1CO. The van der Waals surface area contributed by atoms with E-state index in [1.54, 1.807) is 48.5 Å². The average molecular weight is 501 g/mol. The Balaban J connectivity index is 2.13. The van der Waals surface area contributed by atoms with Crippen LogP contribution in [0.15, 0.2) is 12.3 Å². The lowest BCUT2D eigenvalue weighted by Crippen LogP contribution is -2.44. The molecule has 1 fully saturated rings. The fourth-order valence-electron chi connectivity index (χ4n) is 3.50. The molecule has 1 aliphatic rings. The van der Waals surface area contributed by atoms with Gasteiger partial charge in [0.05, 0.1) is 18.1 Å². The number of aliphatic hydroxyl groups excluding tert-OH is 1. The summed E-state index contributed by atoms with van der Waals surface area (Å²) in [6.07, 6.45) is -3.81. The van der Waals surface area contributed by atoms with Crippen LogP contribution in [0.25, 0.3) is 11.0 Å². The van der Waals surface area contributed by atoms with E-state index in [-0.39, 0.29) is 28.7 Å². The molecule has 2 amide bonds. The van der Waals surface area contributed by atoms with Crippen LogP contribution in [0, 0.1) is 5.92 Å². The van der Waals surface area contributed by atoms with Gasteiger partial charge in [-0.2, -0.15) is 14.9 Å². The monoisotopic (exact) mass is 500 g/mol. The minimum Gasteiger partial charge on any atom is -0.443 e. The molecule has 3 rings (SSSR count). The van der Waals surface area contributed by atoms with E-state index in [2.05, 4.69) is 9.97 Å². The minimum absolute atomic E-state index is 0.130. The molecule has 12 heteroatoms. The Bertz CT molecular complexity index is 1050. The number of nitrogens with zero attached hydrogens (tertiary/aromatic N) is 4. The fraction of sp³-hybridized carbons (Fsp3) is 0.636. The zero-order valence-corrected chi connectivity index (χ0v) is 21.0. The zero-order chi connectivity index (χ0) is 25.6. The molecule has 0 saturated carbocycles. The van der Waals surface area contributed by atoms with Gasteiger partial charge in [-0.25, -0.2) is 14.0 Å². The smallest absolute Gasteiger partial charge is 0.425 e. The maximum Gasteiger partial charge on any atom is 0.425 e. The highest BCUT2D eigenvalue weighted by atomic mass is 35.5. The highest BCUT2D eigenvalue weighted by molar-refractivity contribution is 6.29. The van der Waals surface area contributed by atoms with E-state index >= 15 is 4.39 Å². The predicted octanol–water partition coefficient (Wildman–Crippen LogP) is 4.63. The number of imide groups is 1. The number of fused-ring (bicyclic) bond motifs is 1. The number of amides is 2. The maximum absolute atomic E-state index is 15.0. The number of aliphatic hydroxyl groups is 1. The fourth-order valence-corrected chi connectivity index (χ4v) is 3.66. The van der Waals surface area contributed by atoms with E-state index in [9.17, 15) is 14.7 Å². The van der Waals surface area contributed by atoms with Crippen molar-refractivity contribution in [3.63, 3.8) is 0 Å². The first-order valence-electron chi connectivity index (χ1n) is 10.8. The molecule has 1 N–H and O–H groups in total. The van der Waals surface area contributed by atoms with Crippen molar-refractivity contribution >= 4 is 40.6 Å². The number of rotatable bonds is 3. The van der Waals surface area contributed by atoms with Crippen LogP contribution < -0.4 is 4.90 Å². The summed E-state index contributed by atoms with van der Waals surface area (Å²) in [5, 5.41) is 9.42. The number of aromatic nitrogens is 3. The molecule has 1 saturated heterocycles. The van der Waals surface area contributed by atoms with E-state index in [0.717, 1.165) is 0 Å². The summed E-state index contributed by atoms with van der Waals surface area (Å²) in [5.41, 5.74) is -1.72. The van der Waals surface area contributed by atoms with Crippen LogP contribution >= 0.6 is 11.6 Å². The summed E-state index contributed by atoms with van der Waals surface area (Å²) in [5.74, 6) is -0.748. The topological polar surface area (TPSA) is 116 Å². The lowest BCUT2D eigenvalue weighted by Gasteiger charge is -2.28. The molecule has 0 bridgehead atoms. The number of ether oxygens (including phenoxy) is 3. The molecule has 0 radical (unpaired) electrons. The van der Waals surface area contributed by atoms with Crippen molar-refractivity contribution in [3.05, 3.63) is 17.5 Å². The van der Waals surface area contributed by atoms with Crippen molar-refractivity contribution in [1.29, 1.82) is 0 Å². The third-order valence-electron chi connectivity index (χ3n) is 5.02. The van der Waals surface area contributed by atoms with Gasteiger partial charge in [-0.05, 0) is 59.2 Å². The van der Waals surface area contributed by atoms with E-state index in [4.69, 9.17) is 25.8 Å². The molecule has 0 aliphatic carbocycles. The second kappa shape index (κ2) is 9.27. The van der Waals surface area contributed by atoms with Gasteiger partial charge in [0.1, 0.15) is 16.8 Å². The van der Waals surface area contributed by atoms with Gasteiger partial charge in [0.15, 0.2) is 18.2 Å². The Morgan fingerprint density at radius 1 is 1.18 bits per heavy atom. The maximum atomic E-state index is 15.0. The quantitative estimate of drug-likeness (QED) is 0.606. The van der Waals surface area contributed by atoms with Gasteiger partial charge < -0.3 is 23.9 Å². The van der Waals surface area contributed by atoms with Gasteiger partial charge in [0.25, 0.3) is 0 Å². The first kappa shape index (κ1) is 26.1. The number of carbonyl (C=O) groups is 2. The zero-order valence-electron chi connectivity index (χ0n) is 20.2. The van der Waals surface area contributed by atoms with Gasteiger partial charge in [0.2, 0.25) is 5.28 Å². The molecular weight excluding hydrogens is 471 g/mol. The first-order chi connectivity index (χ1) is 15.6. The van der Waals surface area contributed by atoms with Gasteiger partial charge in [0, 0.05) is 12.1 Å². The van der Waals surface area contributed by atoms with Crippen molar-refractivity contribution in [2.75, 3.05) is 11.5 Å². The molecule has 1 aliphatic heterocycles. The Hall–Kier alpha value is -2.50. The Morgan fingerprint density at radius 2 is 1.74 bits per heavy atom. The summed E-state index contributed by atoms with van der Waals surface area (Å²) in [6.45, 7) is 11.2. The van der Waals surface area contributed by atoms with E-state index in [1.165, 1.54) is 16.8 Å². The Labute approximate surface area is 201 Å². The van der Waals surface area contributed by atoms with Crippen molar-refractivity contribution in [3.8, 4) is 0 Å². The molecule has 4 atom stereocenters. The predicted molar refractivity (Wildman–Crippen MR) is 123 cm³/mol. The van der Waals surface area contributed by atoms with Gasteiger partial charge in [-0.1, -0.05) is 6.92 Å². The largest absolute Gasteiger partial charge is 0.443 e. The van der Waals surface area contributed by atoms with Crippen molar-refractivity contribution in [1.82, 2.24) is 14.5 Å². The molecule has 0 aromatic carbocycles. The minimum atomic E-state index is -1.45. The van der Waals surface area contributed by atoms with Crippen LogP contribution in [-0.4, -0.2) is 61.9 Å². The molecule has 2 aromatic heterocycles. The van der Waals surface area contributed by atoms with Crippen LogP contribution in [0.3, 0.4) is 0 Å². The van der Waals surface area contributed by atoms with Crippen molar-refractivity contribution in [2.45, 2.75) is 78.2 Å². The summed E-state index contributed by atoms with van der Waals surface area (Å²) in [4.78, 5) is 35.0. The number of hydrogen-bond acceptors (Lipinski definition) is 8. The van der Waals surface area contributed by atoms with Crippen LogP contribution in [0.5, 0.6) is 0 Å². The summed E-state index contributed by atoms with van der Waals surface area (Å²) < 4.78 is 32.9. The van der Waals surface area contributed by atoms with Gasteiger partial charge in [-0.15, -0.1) is 0 Å². The molecule has 188 valence electrons. The normalized spacial score (nSPS) is 23.2. The highest BCUT2D eigenvalue weighted by Gasteiger charge is 2.44. The average Bonchev–Trinajstić information content (AvgIpc) is 3.20. The third kappa shape index (κ3) is 5.42. The summed E-state index contributed by atoms with van der Waals surface area (Å²) in [6, 6.07) is 1.51. The van der Waals surface area contributed by atoms with Gasteiger partial charge in [-0.3, -0.25) is 0 Å². The second-order valence-corrected chi connectivity index (χ2v) is 10.5. The Kier molecular flexibility index (Phi) is 7.12. The second-order valence-electron chi connectivity index (χ2n) is 10.1. The lowest BCUT2D eigenvalue weighted by atomic mass is 10.0. The molecule has 0 spiro atoms. The number of anilines is 1. The number of hydrogen-bond donors (Lipinski definition) is 1. The number of halogens is 2. The molecule has 2 aromatic rings. The third-order valence-corrected chi connectivity index (χ3v) is 5.19. The first-order valence-corrected chi connectivity index (χ1v) is 11.2. The Morgan fingerprint density at radius 3 is 2.21 bits per heavy atom. The van der Waals surface area contributed by atoms with Crippen LogP contribution in [-0.2, 0) is 14.2 Å². The van der Waals surface area contributed by atoms with E-state index < -0.39 is 47.8 Å². The van der Waals surface area contributed by atoms with Crippen LogP contribution in [0.4, 0.5) is 19.8 Å². The molecular formula is C22H30ClFN4O6. The molecule has 3 heterocycles. The van der Waals surface area contributed by atoms with Crippen LogP contribution in [0.1, 0.15) is 54.7 Å². The standard InChI is InChI=1S/C22H30ClFN4O6/c1-11-13(10-29)32-17(14(11)24)27-9-8-12-15(27)25-18(23)26-16(12)28(19(30)33-21(2,3)4)20(31)34-22(5,6)7/h8-9,11,13-14,17,29H,10H2,1-7H3/t11-,13-,14+,17-/m1/s1. The molecule has 10 nitrogen and oxygen atoms in total. The van der Waals surface area contributed by atoms with Crippen molar-refractivity contribution < 1.29 is 33.3 Å². The van der Waals surface area contributed by atoms with E-state index in [0.29, 0.717) is 4.90 Å². The molecule has 34 heavy (non-hydrogen) atoms. The summed E-state index contributed by atoms with van der Waals surface area (Å²) in [7, 11) is 0. The van der Waals surface area contributed by atoms with Gasteiger partial charge >= 0.3 is 12.2 Å². The number of carbonyl (C=O) groups excluding carboxylic acids is 2.